The third-order valence-corrected chi connectivity index (χ3v) is 3.97. The van der Waals surface area contributed by atoms with Crippen LogP contribution in [0.1, 0.15) is 16.8 Å². The van der Waals surface area contributed by atoms with Crippen molar-refractivity contribution < 1.29 is 18.0 Å². The molecule has 1 fully saturated rings. The summed E-state index contributed by atoms with van der Waals surface area (Å²) in [6.45, 7) is 1.01. The Hall–Kier alpha value is -1.04. The average Bonchev–Trinajstić information content (AvgIpc) is 2.84. The molecule has 0 saturated carbocycles. The number of halogens is 4. The molecule has 1 aromatic carbocycles. The number of alkyl halides is 1. The SMILES string of the molecule is O=C(c1ccc(F)c(F)c1F)N1CCC(CBr)C1. The van der Waals surface area contributed by atoms with E-state index >= 15 is 0 Å². The molecule has 0 N–H and O–H groups in total. The summed E-state index contributed by atoms with van der Waals surface area (Å²) in [4.78, 5) is 13.4. The summed E-state index contributed by atoms with van der Waals surface area (Å²) < 4.78 is 39.3. The smallest absolute Gasteiger partial charge is 0.256 e. The Balaban J connectivity index is 2.22. The van der Waals surface area contributed by atoms with Crippen LogP contribution < -0.4 is 0 Å². The third kappa shape index (κ3) is 2.39. The number of carbonyl (C=O) groups is 1. The summed E-state index contributed by atoms with van der Waals surface area (Å²) in [5, 5.41) is 0.761. The summed E-state index contributed by atoms with van der Waals surface area (Å²) in [6, 6.07) is 1.75. The maximum atomic E-state index is 13.5. The van der Waals surface area contributed by atoms with E-state index in [4.69, 9.17) is 0 Å². The zero-order valence-electron chi connectivity index (χ0n) is 9.43. The molecule has 0 spiro atoms. The van der Waals surface area contributed by atoms with Gasteiger partial charge in [-0.15, -0.1) is 0 Å². The van der Waals surface area contributed by atoms with Gasteiger partial charge < -0.3 is 4.90 Å². The standard InChI is InChI=1S/C12H11BrF3NO/c13-5-7-3-4-17(6-7)12(18)8-1-2-9(14)11(16)10(8)15/h1-2,7H,3-6H2. The molecule has 18 heavy (non-hydrogen) atoms. The Morgan fingerprint density at radius 2 is 2.06 bits per heavy atom. The van der Waals surface area contributed by atoms with Crippen molar-refractivity contribution in [2.45, 2.75) is 6.42 Å². The van der Waals surface area contributed by atoms with Gasteiger partial charge in [0.1, 0.15) is 0 Å². The number of nitrogens with zero attached hydrogens (tertiary/aromatic N) is 1. The minimum absolute atomic E-state index is 0.322. The van der Waals surface area contributed by atoms with Crippen LogP contribution in [0, 0.1) is 23.4 Å². The molecule has 1 aliphatic heterocycles. The first-order valence-corrected chi connectivity index (χ1v) is 6.65. The van der Waals surface area contributed by atoms with Gasteiger partial charge in [-0.3, -0.25) is 4.79 Å². The Morgan fingerprint density at radius 1 is 1.33 bits per heavy atom. The number of hydrogen-bond donors (Lipinski definition) is 0. The number of amides is 1. The molecule has 2 rings (SSSR count). The highest BCUT2D eigenvalue weighted by Crippen LogP contribution is 2.22. The molecular weight excluding hydrogens is 311 g/mol. The topological polar surface area (TPSA) is 20.3 Å². The highest BCUT2D eigenvalue weighted by molar-refractivity contribution is 9.09. The molecule has 0 aliphatic carbocycles. The number of benzene rings is 1. The maximum absolute atomic E-state index is 13.5. The molecule has 0 aromatic heterocycles. The first-order chi connectivity index (χ1) is 8.54. The molecule has 0 bridgehead atoms. The van der Waals surface area contributed by atoms with Crippen molar-refractivity contribution in [2.24, 2.45) is 5.92 Å². The van der Waals surface area contributed by atoms with Crippen LogP contribution in [0.2, 0.25) is 0 Å². The quantitative estimate of drug-likeness (QED) is 0.606. The molecule has 0 radical (unpaired) electrons. The zero-order chi connectivity index (χ0) is 13.3. The lowest BCUT2D eigenvalue weighted by Gasteiger charge is -2.16. The third-order valence-electron chi connectivity index (χ3n) is 3.06. The number of likely N-dealkylation sites (tertiary alicyclic amines) is 1. The first-order valence-electron chi connectivity index (χ1n) is 5.53. The van der Waals surface area contributed by atoms with Gasteiger partial charge in [0.2, 0.25) is 0 Å². The zero-order valence-corrected chi connectivity index (χ0v) is 11.0. The highest BCUT2D eigenvalue weighted by Gasteiger charge is 2.29. The molecule has 1 aromatic rings. The van der Waals surface area contributed by atoms with Gasteiger partial charge in [-0.05, 0) is 24.5 Å². The maximum Gasteiger partial charge on any atom is 0.256 e. The first kappa shape index (κ1) is 13.4. The lowest BCUT2D eigenvalue weighted by molar-refractivity contribution is 0.0782. The van der Waals surface area contributed by atoms with Crippen LogP contribution in [0.15, 0.2) is 12.1 Å². The van der Waals surface area contributed by atoms with Gasteiger partial charge in [-0.1, -0.05) is 15.9 Å². The van der Waals surface area contributed by atoms with Crippen LogP contribution in [0.25, 0.3) is 0 Å². The summed E-state index contributed by atoms with van der Waals surface area (Å²) in [7, 11) is 0. The second-order valence-electron chi connectivity index (χ2n) is 4.28. The van der Waals surface area contributed by atoms with Gasteiger partial charge in [0.15, 0.2) is 17.5 Å². The Morgan fingerprint density at radius 3 is 2.67 bits per heavy atom. The number of carbonyl (C=O) groups excluding carboxylic acids is 1. The fourth-order valence-electron chi connectivity index (χ4n) is 2.00. The van der Waals surface area contributed by atoms with Crippen molar-refractivity contribution in [2.75, 3.05) is 18.4 Å². The monoisotopic (exact) mass is 321 g/mol. The fraction of sp³-hybridized carbons (Fsp3) is 0.417. The van der Waals surface area contributed by atoms with E-state index in [1.54, 1.807) is 0 Å². The molecule has 1 unspecified atom stereocenters. The Bertz CT molecular complexity index is 481. The van der Waals surface area contributed by atoms with Crippen molar-refractivity contribution in [3.05, 3.63) is 35.1 Å². The number of hydrogen-bond acceptors (Lipinski definition) is 1. The largest absolute Gasteiger partial charge is 0.338 e. The molecule has 1 saturated heterocycles. The fourth-order valence-corrected chi connectivity index (χ4v) is 2.53. The molecule has 1 aliphatic rings. The summed E-state index contributed by atoms with van der Waals surface area (Å²) >= 11 is 3.32. The van der Waals surface area contributed by atoms with Crippen LogP contribution in [-0.2, 0) is 0 Å². The van der Waals surface area contributed by atoms with Gasteiger partial charge >= 0.3 is 0 Å². The second-order valence-corrected chi connectivity index (χ2v) is 4.93. The minimum atomic E-state index is -1.60. The van der Waals surface area contributed by atoms with E-state index in [0.29, 0.717) is 19.0 Å². The van der Waals surface area contributed by atoms with Crippen molar-refractivity contribution >= 4 is 21.8 Å². The van der Waals surface area contributed by atoms with Gasteiger partial charge in [0.05, 0.1) is 5.56 Å². The van der Waals surface area contributed by atoms with Gasteiger partial charge in [0.25, 0.3) is 5.91 Å². The molecule has 98 valence electrons. The molecular formula is C12H11BrF3NO. The van der Waals surface area contributed by atoms with Crippen LogP contribution in [-0.4, -0.2) is 29.2 Å². The molecule has 6 heteroatoms. The van der Waals surface area contributed by atoms with E-state index in [1.807, 2.05) is 0 Å². The molecule has 1 amide bonds. The van der Waals surface area contributed by atoms with Crippen LogP contribution in [0.5, 0.6) is 0 Å². The Labute approximate surface area is 111 Å². The second kappa shape index (κ2) is 5.30. The van der Waals surface area contributed by atoms with E-state index in [9.17, 15) is 18.0 Å². The van der Waals surface area contributed by atoms with E-state index in [-0.39, 0.29) is 0 Å². The Kier molecular flexibility index (Phi) is 3.94. The van der Waals surface area contributed by atoms with Crippen molar-refractivity contribution in [3.63, 3.8) is 0 Å². The minimum Gasteiger partial charge on any atom is -0.338 e. The highest BCUT2D eigenvalue weighted by atomic mass is 79.9. The number of rotatable bonds is 2. The summed E-state index contributed by atoms with van der Waals surface area (Å²) in [5.41, 5.74) is -0.413. The van der Waals surface area contributed by atoms with Gasteiger partial charge in [-0.25, -0.2) is 13.2 Å². The van der Waals surface area contributed by atoms with Gasteiger partial charge in [0, 0.05) is 18.4 Å². The van der Waals surface area contributed by atoms with E-state index in [2.05, 4.69) is 15.9 Å². The van der Waals surface area contributed by atoms with Crippen LogP contribution in [0.3, 0.4) is 0 Å². The molecule has 1 atom stereocenters. The predicted octanol–water partition coefficient (Wildman–Crippen LogP) is 2.96. The van der Waals surface area contributed by atoms with Crippen molar-refractivity contribution in [1.82, 2.24) is 4.90 Å². The normalized spacial score (nSPS) is 19.3. The van der Waals surface area contributed by atoms with E-state index < -0.39 is 28.9 Å². The molecule has 2 nitrogen and oxygen atoms in total. The van der Waals surface area contributed by atoms with Crippen molar-refractivity contribution in [3.8, 4) is 0 Å². The lowest BCUT2D eigenvalue weighted by atomic mass is 10.1. The van der Waals surface area contributed by atoms with E-state index in [1.165, 1.54) is 4.90 Å². The summed E-state index contributed by atoms with van der Waals surface area (Å²) in [5.74, 6) is -4.57. The average molecular weight is 322 g/mol. The van der Waals surface area contributed by atoms with Crippen LogP contribution in [0.4, 0.5) is 13.2 Å². The van der Waals surface area contributed by atoms with Crippen LogP contribution >= 0.6 is 15.9 Å². The summed E-state index contributed by atoms with van der Waals surface area (Å²) in [6.07, 6.45) is 0.822. The van der Waals surface area contributed by atoms with Crippen molar-refractivity contribution in [1.29, 1.82) is 0 Å². The lowest BCUT2D eigenvalue weighted by Crippen LogP contribution is -2.30. The predicted molar refractivity (Wildman–Crippen MR) is 64.1 cm³/mol. The molecule has 1 heterocycles. The van der Waals surface area contributed by atoms with Gasteiger partial charge in [-0.2, -0.15) is 0 Å². The van der Waals surface area contributed by atoms with E-state index in [0.717, 1.165) is 23.9 Å².